The molecule has 8 nitrogen and oxygen atoms in total. The van der Waals surface area contributed by atoms with E-state index in [2.05, 4.69) is 36.3 Å². The summed E-state index contributed by atoms with van der Waals surface area (Å²) in [5, 5.41) is 20.5. The van der Waals surface area contributed by atoms with E-state index < -0.39 is 0 Å². The second-order valence-electron chi connectivity index (χ2n) is 10.0. The van der Waals surface area contributed by atoms with Gasteiger partial charge in [-0.2, -0.15) is 5.10 Å². The number of aromatic hydroxyl groups is 1. The van der Waals surface area contributed by atoms with Gasteiger partial charge in [-0.3, -0.25) is 14.5 Å². The highest BCUT2D eigenvalue weighted by molar-refractivity contribution is 5.94. The Morgan fingerprint density at radius 1 is 1.00 bits per heavy atom. The van der Waals surface area contributed by atoms with Crippen molar-refractivity contribution in [3.05, 3.63) is 66.4 Å². The number of phenolic OH excluding ortho intramolecular Hbond substituents is 1. The molecule has 1 aliphatic heterocycles. The minimum absolute atomic E-state index is 0.0549. The molecule has 35 heavy (non-hydrogen) atoms. The number of carbonyl (C=O) groups excluding carboxylic acids is 2. The molecule has 1 aliphatic rings. The summed E-state index contributed by atoms with van der Waals surface area (Å²) in [7, 11) is 0. The number of nitrogens with one attached hydrogen (secondary N) is 2. The number of hydrogen-bond acceptors (Lipinski definition) is 5. The predicted octanol–water partition coefficient (Wildman–Crippen LogP) is 4.16. The number of amides is 2. The zero-order valence-corrected chi connectivity index (χ0v) is 20.5. The molecule has 2 heterocycles. The molecule has 3 N–H and O–H groups in total. The molecule has 0 bridgehead atoms. The Morgan fingerprint density at radius 2 is 1.66 bits per heavy atom. The normalized spacial score (nSPS) is 15.1. The highest BCUT2D eigenvalue weighted by Gasteiger charge is 2.27. The van der Waals surface area contributed by atoms with E-state index in [0.29, 0.717) is 37.4 Å². The monoisotopic (exact) mass is 475 g/mol. The van der Waals surface area contributed by atoms with Crippen molar-refractivity contribution >= 4 is 23.3 Å². The molecule has 3 aromatic rings. The predicted molar refractivity (Wildman–Crippen MR) is 137 cm³/mol. The van der Waals surface area contributed by atoms with Crippen LogP contribution in [0.5, 0.6) is 5.75 Å². The first-order chi connectivity index (χ1) is 16.7. The molecular weight excluding hydrogens is 442 g/mol. The molecular formula is C27H33N5O3. The third-order valence-corrected chi connectivity index (χ3v) is 6.23. The Balaban J connectivity index is 1.35. The lowest BCUT2D eigenvalue weighted by molar-refractivity contribution is -0.121. The van der Waals surface area contributed by atoms with E-state index in [1.54, 1.807) is 28.9 Å². The van der Waals surface area contributed by atoms with Gasteiger partial charge in [0.05, 0.1) is 23.6 Å². The molecule has 8 heteroatoms. The summed E-state index contributed by atoms with van der Waals surface area (Å²) in [6.45, 7) is 7.83. The number of para-hydroxylation sites is 3. The summed E-state index contributed by atoms with van der Waals surface area (Å²) < 4.78 is 1.77. The highest BCUT2D eigenvalue weighted by Crippen LogP contribution is 2.27. The Hall–Kier alpha value is -3.65. The molecule has 0 saturated carbocycles. The number of phenols is 1. The van der Waals surface area contributed by atoms with E-state index >= 15 is 0 Å². The van der Waals surface area contributed by atoms with Crippen molar-refractivity contribution in [2.24, 2.45) is 5.92 Å². The van der Waals surface area contributed by atoms with E-state index in [1.165, 1.54) is 0 Å². The van der Waals surface area contributed by atoms with Gasteiger partial charge in [0, 0.05) is 17.4 Å². The van der Waals surface area contributed by atoms with Crippen LogP contribution in [-0.2, 0) is 15.0 Å². The number of piperidine rings is 1. The number of likely N-dealkylation sites (tertiary alicyclic amines) is 1. The van der Waals surface area contributed by atoms with Crippen LogP contribution in [0.25, 0.3) is 5.69 Å². The molecule has 0 aliphatic carbocycles. The van der Waals surface area contributed by atoms with Gasteiger partial charge in [-0.05, 0) is 50.2 Å². The third-order valence-electron chi connectivity index (χ3n) is 6.23. The number of anilines is 2. The molecule has 2 aromatic carbocycles. The first-order valence-electron chi connectivity index (χ1n) is 12.0. The first kappa shape index (κ1) is 24.5. The van der Waals surface area contributed by atoms with Crippen LogP contribution in [0.2, 0.25) is 0 Å². The standard InChI is InChI=1S/C27H33N5O3/c1-27(2,3)23-17-24(32(30-23)20-9-5-4-6-10-20)29-25(34)18-31-15-13-19(14-16-31)26(35)28-21-11-7-8-12-22(21)33/h4-12,17,19,33H,13-16,18H2,1-3H3,(H,28,35)(H,29,34). The number of rotatable bonds is 6. The topological polar surface area (TPSA) is 99.5 Å². The van der Waals surface area contributed by atoms with E-state index in [1.807, 2.05) is 36.4 Å². The summed E-state index contributed by atoms with van der Waals surface area (Å²) in [5.41, 5.74) is 2.05. The summed E-state index contributed by atoms with van der Waals surface area (Å²) in [5.74, 6) is 0.335. The molecule has 2 amide bonds. The fourth-order valence-corrected chi connectivity index (χ4v) is 4.16. The lowest BCUT2D eigenvalue weighted by Crippen LogP contribution is -2.42. The Kier molecular flexibility index (Phi) is 7.21. The summed E-state index contributed by atoms with van der Waals surface area (Å²) in [6, 6.07) is 18.4. The molecule has 1 fully saturated rings. The second-order valence-corrected chi connectivity index (χ2v) is 10.0. The van der Waals surface area contributed by atoms with Crippen LogP contribution >= 0.6 is 0 Å². The zero-order valence-electron chi connectivity index (χ0n) is 20.5. The van der Waals surface area contributed by atoms with Crippen molar-refractivity contribution in [1.29, 1.82) is 0 Å². The Morgan fingerprint density at radius 3 is 2.31 bits per heavy atom. The maximum Gasteiger partial charge on any atom is 0.239 e. The van der Waals surface area contributed by atoms with Crippen molar-refractivity contribution in [1.82, 2.24) is 14.7 Å². The van der Waals surface area contributed by atoms with E-state index in [9.17, 15) is 14.7 Å². The quantitative estimate of drug-likeness (QED) is 0.465. The maximum absolute atomic E-state index is 12.9. The molecule has 184 valence electrons. The van der Waals surface area contributed by atoms with E-state index in [-0.39, 0.29) is 35.4 Å². The fourth-order valence-electron chi connectivity index (χ4n) is 4.16. The summed E-state index contributed by atoms with van der Waals surface area (Å²) in [4.78, 5) is 27.6. The van der Waals surface area contributed by atoms with Gasteiger partial charge in [-0.25, -0.2) is 4.68 Å². The van der Waals surface area contributed by atoms with Gasteiger partial charge in [0.15, 0.2) is 0 Å². The van der Waals surface area contributed by atoms with Crippen LogP contribution in [0.15, 0.2) is 60.7 Å². The molecule has 0 radical (unpaired) electrons. The number of hydrogen-bond donors (Lipinski definition) is 3. The van der Waals surface area contributed by atoms with Gasteiger partial charge in [0.25, 0.3) is 0 Å². The first-order valence-corrected chi connectivity index (χ1v) is 12.0. The van der Waals surface area contributed by atoms with Gasteiger partial charge < -0.3 is 15.7 Å². The number of benzene rings is 2. The largest absolute Gasteiger partial charge is 0.506 e. The van der Waals surface area contributed by atoms with Crippen molar-refractivity contribution in [2.45, 2.75) is 39.0 Å². The van der Waals surface area contributed by atoms with Gasteiger partial charge in [0.2, 0.25) is 11.8 Å². The number of carbonyl (C=O) groups is 2. The van der Waals surface area contributed by atoms with Crippen LogP contribution < -0.4 is 10.6 Å². The van der Waals surface area contributed by atoms with Crippen LogP contribution in [0.1, 0.15) is 39.3 Å². The van der Waals surface area contributed by atoms with Crippen molar-refractivity contribution in [2.75, 3.05) is 30.3 Å². The highest BCUT2D eigenvalue weighted by atomic mass is 16.3. The van der Waals surface area contributed by atoms with E-state index in [0.717, 1.165) is 11.4 Å². The van der Waals surface area contributed by atoms with Crippen LogP contribution in [-0.4, -0.2) is 51.2 Å². The van der Waals surface area contributed by atoms with E-state index in [4.69, 9.17) is 5.10 Å². The lowest BCUT2D eigenvalue weighted by atomic mass is 9.92. The van der Waals surface area contributed by atoms with Crippen molar-refractivity contribution < 1.29 is 14.7 Å². The molecule has 0 atom stereocenters. The number of aromatic nitrogens is 2. The van der Waals surface area contributed by atoms with Gasteiger partial charge >= 0.3 is 0 Å². The molecule has 0 unspecified atom stereocenters. The van der Waals surface area contributed by atoms with Crippen molar-refractivity contribution in [3.63, 3.8) is 0 Å². The van der Waals surface area contributed by atoms with Gasteiger partial charge in [-0.1, -0.05) is 51.1 Å². The van der Waals surface area contributed by atoms with Crippen LogP contribution in [0.4, 0.5) is 11.5 Å². The second kappa shape index (κ2) is 10.3. The zero-order chi connectivity index (χ0) is 25.0. The summed E-state index contributed by atoms with van der Waals surface area (Å²) in [6.07, 6.45) is 1.31. The van der Waals surface area contributed by atoms with Gasteiger partial charge in [0.1, 0.15) is 11.6 Å². The maximum atomic E-state index is 12.9. The average Bonchev–Trinajstić information content (AvgIpc) is 3.26. The van der Waals surface area contributed by atoms with Gasteiger partial charge in [-0.15, -0.1) is 0 Å². The summed E-state index contributed by atoms with van der Waals surface area (Å²) >= 11 is 0. The molecule has 1 saturated heterocycles. The Labute approximate surface area is 206 Å². The number of nitrogens with zero attached hydrogens (tertiary/aromatic N) is 3. The average molecular weight is 476 g/mol. The SMILES string of the molecule is CC(C)(C)c1cc(NC(=O)CN2CCC(C(=O)Nc3ccccc3O)CC2)n(-c2ccccc2)n1. The van der Waals surface area contributed by atoms with Crippen molar-refractivity contribution in [3.8, 4) is 11.4 Å². The smallest absolute Gasteiger partial charge is 0.239 e. The fraction of sp³-hybridized carbons (Fsp3) is 0.370. The van der Waals surface area contributed by atoms with Crippen LogP contribution in [0, 0.1) is 5.92 Å². The minimum atomic E-state index is -0.154. The Bertz CT molecular complexity index is 1180. The minimum Gasteiger partial charge on any atom is -0.506 e. The molecule has 4 rings (SSSR count). The third kappa shape index (κ3) is 6.08. The molecule has 1 aromatic heterocycles. The molecule has 0 spiro atoms. The lowest BCUT2D eigenvalue weighted by Gasteiger charge is -2.30. The van der Waals surface area contributed by atoms with Crippen LogP contribution in [0.3, 0.4) is 0 Å².